The van der Waals surface area contributed by atoms with E-state index in [2.05, 4.69) is 9.16 Å². The molecule has 1 unspecified atom stereocenters. The number of rotatable bonds is 6. The standard InChI is InChI=1S/C12H17F6O4Si2/c1-23(2)6-21-9(19)11(15,10(20)22-24(3,4)5)7(13)8(14)12(16,17)18/h6H2,1-5H3/b8-7+. The Balaban J connectivity index is 6.02. The number of carbonyl (C=O) groups excluding carboxylic acids is 2. The second-order valence-corrected chi connectivity index (χ2v) is 13.2. The zero-order valence-corrected chi connectivity index (χ0v) is 15.6. The van der Waals surface area contributed by atoms with Gasteiger partial charge in [-0.05, 0) is 19.6 Å². The lowest BCUT2D eigenvalue weighted by Gasteiger charge is -2.26. The van der Waals surface area contributed by atoms with Gasteiger partial charge >= 0.3 is 23.8 Å². The van der Waals surface area contributed by atoms with E-state index in [0.717, 1.165) is 0 Å². The number of allylic oxidation sites excluding steroid dienone is 1. The fourth-order valence-electron chi connectivity index (χ4n) is 1.20. The minimum absolute atomic E-state index is 0.420. The summed E-state index contributed by atoms with van der Waals surface area (Å²) in [5.41, 5.74) is -4.66. The normalized spacial score (nSPS) is 16.3. The molecule has 0 N–H and O–H groups in total. The molecule has 0 bridgehead atoms. The van der Waals surface area contributed by atoms with Gasteiger partial charge in [-0.1, -0.05) is 13.1 Å². The Morgan fingerprint density at radius 1 is 0.958 bits per heavy atom. The van der Waals surface area contributed by atoms with Crippen molar-refractivity contribution in [2.24, 2.45) is 0 Å². The molecule has 24 heavy (non-hydrogen) atoms. The van der Waals surface area contributed by atoms with E-state index in [0.29, 0.717) is 0 Å². The molecule has 4 nitrogen and oxygen atoms in total. The molecule has 12 heteroatoms. The fraction of sp³-hybridized carbons (Fsp3) is 0.667. The monoisotopic (exact) mass is 395 g/mol. The van der Waals surface area contributed by atoms with E-state index in [-0.39, 0.29) is 0 Å². The van der Waals surface area contributed by atoms with E-state index < -0.39 is 58.8 Å². The predicted octanol–water partition coefficient (Wildman–Crippen LogP) is 3.62. The summed E-state index contributed by atoms with van der Waals surface area (Å²) >= 11 is 0. The highest BCUT2D eigenvalue weighted by atomic mass is 28.4. The highest BCUT2D eigenvalue weighted by molar-refractivity contribution is 6.71. The molecular weight excluding hydrogens is 378 g/mol. The van der Waals surface area contributed by atoms with E-state index in [4.69, 9.17) is 0 Å². The van der Waals surface area contributed by atoms with Gasteiger partial charge in [-0.15, -0.1) is 0 Å². The molecule has 0 amide bonds. The van der Waals surface area contributed by atoms with E-state index in [1.165, 1.54) is 19.6 Å². The second-order valence-electron chi connectivity index (χ2n) is 6.07. The topological polar surface area (TPSA) is 52.6 Å². The summed E-state index contributed by atoms with van der Waals surface area (Å²) in [5.74, 6) is -11.3. The molecule has 0 heterocycles. The van der Waals surface area contributed by atoms with Gasteiger partial charge < -0.3 is 9.16 Å². The summed E-state index contributed by atoms with van der Waals surface area (Å²) < 4.78 is 87.2. The van der Waals surface area contributed by atoms with Crippen LogP contribution in [0.15, 0.2) is 11.7 Å². The molecule has 0 aliphatic carbocycles. The van der Waals surface area contributed by atoms with Crippen molar-refractivity contribution in [1.29, 1.82) is 0 Å². The van der Waals surface area contributed by atoms with Crippen LogP contribution in [0, 0.1) is 0 Å². The van der Waals surface area contributed by atoms with Crippen LogP contribution in [-0.4, -0.2) is 47.1 Å². The molecule has 139 valence electrons. The smallest absolute Gasteiger partial charge is 0.445 e. The van der Waals surface area contributed by atoms with Gasteiger partial charge in [0.15, 0.2) is 0 Å². The van der Waals surface area contributed by atoms with Crippen molar-refractivity contribution in [2.75, 3.05) is 6.23 Å². The third-order valence-electron chi connectivity index (χ3n) is 2.20. The van der Waals surface area contributed by atoms with E-state index >= 15 is 0 Å². The van der Waals surface area contributed by atoms with E-state index in [1.54, 1.807) is 13.1 Å². The molecule has 0 fully saturated rings. The molecule has 0 saturated heterocycles. The van der Waals surface area contributed by atoms with Gasteiger partial charge in [-0.25, -0.2) is 18.4 Å². The van der Waals surface area contributed by atoms with Gasteiger partial charge in [-0.2, -0.15) is 17.6 Å². The molecule has 0 aliphatic rings. The third-order valence-corrected chi connectivity index (χ3v) is 3.72. The number of halogens is 6. The highest BCUT2D eigenvalue weighted by Crippen LogP contribution is 2.38. The quantitative estimate of drug-likeness (QED) is 0.298. The molecular formula is C12H17F6O4Si2. The lowest BCUT2D eigenvalue weighted by atomic mass is 10.0. The number of ether oxygens (including phenoxy) is 1. The summed E-state index contributed by atoms with van der Waals surface area (Å²) in [6.45, 7) is 7.19. The van der Waals surface area contributed by atoms with Crippen molar-refractivity contribution in [3.05, 3.63) is 11.7 Å². The molecule has 0 aromatic rings. The molecule has 0 spiro atoms. The number of esters is 1. The first-order chi connectivity index (χ1) is 10.5. The lowest BCUT2D eigenvalue weighted by molar-refractivity contribution is -0.167. The van der Waals surface area contributed by atoms with Gasteiger partial charge in [0.2, 0.25) is 20.0 Å². The fourth-order valence-corrected chi connectivity index (χ4v) is 2.31. The SMILES string of the molecule is C[Si](C)COC(=O)C(F)(C(=O)O[Si](C)(C)C)/C(F)=C(\F)C(F)(F)F. The molecule has 0 aromatic carbocycles. The average Bonchev–Trinajstić information content (AvgIpc) is 2.38. The highest BCUT2D eigenvalue weighted by Gasteiger charge is 2.60. The molecule has 0 aromatic heterocycles. The van der Waals surface area contributed by atoms with Crippen LogP contribution in [0.5, 0.6) is 0 Å². The van der Waals surface area contributed by atoms with Crippen molar-refractivity contribution < 1.29 is 45.1 Å². The van der Waals surface area contributed by atoms with Crippen LogP contribution in [0.4, 0.5) is 26.3 Å². The summed E-state index contributed by atoms with van der Waals surface area (Å²) in [4.78, 5) is 23.5. The van der Waals surface area contributed by atoms with Crippen LogP contribution in [0.3, 0.4) is 0 Å². The van der Waals surface area contributed by atoms with Gasteiger partial charge in [0, 0.05) is 0 Å². The summed E-state index contributed by atoms with van der Waals surface area (Å²) in [6, 6.07) is 0. The molecule has 0 aliphatic heterocycles. The summed E-state index contributed by atoms with van der Waals surface area (Å²) in [7, 11) is -4.26. The molecule has 0 saturated carbocycles. The van der Waals surface area contributed by atoms with Gasteiger partial charge in [0.1, 0.15) is 0 Å². The van der Waals surface area contributed by atoms with Gasteiger partial charge in [0.05, 0.1) is 15.0 Å². The number of alkyl halides is 4. The Kier molecular flexibility index (Phi) is 7.30. The minimum atomic E-state index is -5.92. The lowest BCUT2D eigenvalue weighted by Crippen LogP contribution is -2.50. The first-order valence-corrected chi connectivity index (χ1v) is 12.7. The van der Waals surface area contributed by atoms with Crippen molar-refractivity contribution in [2.45, 2.75) is 44.6 Å². The van der Waals surface area contributed by atoms with Gasteiger partial charge in [0.25, 0.3) is 0 Å². The number of hydrogen-bond acceptors (Lipinski definition) is 4. The average molecular weight is 395 g/mol. The Morgan fingerprint density at radius 3 is 1.75 bits per heavy atom. The largest absolute Gasteiger partial charge is 0.517 e. The van der Waals surface area contributed by atoms with Crippen molar-refractivity contribution >= 4 is 29.1 Å². The van der Waals surface area contributed by atoms with Crippen LogP contribution in [0.25, 0.3) is 0 Å². The van der Waals surface area contributed by atoms with Crippen molar-refractivity contribution in [3.63, 3.8) is 0 Å². The Hall–Kier alpha value is -1.31. The minimum Gasteiger partial charge on any atom is -0.517 e. The van der Waals surface area contributed by atoms with Crippen LogP contribution in [-0.2, 0) is 18.8 Å². The Labute approximate surface area is 137 Å². The van der Waals surface area contributed by atoms with Crippen molar-refractivity contribution in [3.8, 4) is 0 Å². The summed E-state index contributed by atoms with van der Waals surface area (Å²) in [6.07, 6.45) is -6.35. The molecule has 1 atom stereocenters. The predicted molar refractivity (Wildman–Crippen MR) is 77.0 cm³/mol. The first-order valence-electron chi connectivity index (χ1n) is 6.55. The second kappa shape index (κ2) is 7.72. The van der Waals surface area contributed by atoms with E-state index in [9.17, 15) is 35.9 Å². The maximum absolute atomic E-state index is 14.6. The van der Waals surface area contributed by atoms with Crippen LogP contribution in [0.2, 0.25) is 32.7 Å². The molecule has 0 rings (SSSR count). The zero-order chi connectivity index (χ0) is 19.5. The number of hydrogen-bond donors (Lipinski definition) is 0. The maximum Gasteiger partial charge on any atom is 0.445 e. The van der Waals surface area contributed by atoms with Crippen molar-refractivity contribution in [1.82, 2.24) is 0 Å². The summed E-state index contributed by atoms with van der Waals surface area (Å²) in [5, 5.41) is 0. The zero-order valence-electron chi connectivity index (χ0n) is 13.6. The Morgan fingerprint density at radius 2 is 1.42 bits per heavy atom. The Bertz CT molecular complexity index is 527. The first kappa shape index (κ1) is 22.7. The number of carbonyl (C=O) groups is 2. The van der Waals surface area contributed by atoms with E-state index in [1.807, 2.05) is 0 Å². The van der Waals surface area contributed by atoms with Crippen LogP contribution >= 0.6 is 0 Å². The van der Waals surface area contributed by atoms with Gasteiger partial charge in [-0.3, -0.25) is 0 Å². The molecule has 1 radical (unpaired) electrons. The van der Waals surface area contributed by atoms with Crippen LogP contribution < -0.4 is 0 Å². The third kappa shape index (κ3) is 5.96. The van der Waals surface area contributed by atoms with Crippen LogP contribution in [0.1, 0.15) is 0 Å². The maximum atomic E-state index is 14.6.